The third-order valence-electron chi connectivity index (χ3n) is 12.1. The lowest BCUT2D eigenvalue weighted by atomic mass is 9.93. The van der Waals surface area contributed by atoms with Crippen LogP contribution in [0, 0.1) is 11.8 Å². The fourth-order valence-corrected chi connectivity index (χ4v) is 8.23. The van der Waals surface area contributed by atoms with Gasteiger partial charge in [0.25, 0.3) is 0 Å². The molecule has 322 valence electrons. The smallest absolute Gasteiger partial charge is 0.223 e. The molecule has 2 amide bonds. The highest BCUT2D eigenvalue weighted by atomic mass is 16.2. The van der Waals surface area contributed by atoms with E-state index in [-0.39, 0.29) is 11.8 Å². The SMILES string of the molecule is CCCCCCCCCCC(CCCCCCCCCC)C(=O)NCCCCCCNC(=O)C(CCCCCCCCCC)CCCCCCCCCC. The first-order valence-corrected chi connectivity index (χ1v) is 25.2. The maximum absolute atomic E-state index is 13.3. The van der Waals surface area contributed by atoms with Crippen molar-refractivity contribution < 1.29 is 9.59 Å². The second-order valence-corrected chi connectivity index (χ2v) is 17.4. The first-order chi connectivity index (χ1) is 26.6. The molecule has 4 nitrogen and oxygen atoms in total. The van der Waals surface area contributed by atoms with E-state index in [1.807, 2.05) is 0 Å². The number of unbranched alkanes of at least 4 members (excludes halogenated alkanes) is 31. The molecule has 0 aliphatic heterocycles. The molecule has 2 N–H and O–H groups in total. The van der Waals surface area contributed by atoms with E-state index in [0.29, 0.717) is 11.8 Å². The molecule has 0 atom stereocenters. The van der Waals surface area contributed by atoms with Gasteiger partial charge in [0.2, 0.25) is 11.8 Å². The van der Waals surface area contributed by atoms with Gasteiger partial charge in [-0.15, -0.1) is 0 Å². The molecule has 54 heavy (non-hydrogen) atoms. The lowest BCUT2D eigenvalue weighted by Gasteiger charge is -2.17. The van der Waals surface area contributed by atoms with E-state index in [1.54, 1.807) is 0 Å². The van der Waals surface area contributed by atoms with Crippen molar-refractivity contribution in [2.24, 2.45) is 11.8 Å². The monoisotopic (exact) mass is 761 g/mol. The van der Waals surface area contributed by atoms with Gasteiger partial charge in [-0.3, -0.25) is 9.59 Å². The number of hydrogen-bond acceptors (Lipinski definition) is 2. The molecule has 0 heterocycles. The van der Waals surface area contributed by atoms with Crippen LogP contribution in [0.15, 0.2) is 0 Å². The van der Waals surface area contributed by atoms with Crippen molar-refractivity contribution in [2.75, 3.05) is 13.1 Å². The Morgan fingerprint density at radius 3 is 0.685 bits per heavy atom. The largest absolute Gasteiger partial charge is 0.356 e. The summed E-state index contributed by atoms with van der Waals surface area (Å²) < 4.78 is 0. The summed E-state index contributed by atoms with van der Waals surface area (Å²) in [7, 11) is 0. The topological polar surface area (TPSA) is 58.2 Å². The van der Waals surface area contributed by atoms with Gasteiger partial charge in [0.1, 0.15) is 0 Å². The average molecular weight is 761 g/mol. The van der Waals surface area contributed by atoms with Crippen LogP contribution in [0.3, 0.4) is 0 Å². The fourth-order valence-electron chi connectivity index (χ4n) is 8.23. The quantitative estimate of drug-likeness (QED) is 0.0607. The summed E-state index contributed by atoms with van der Waals surface area (Å²) in [6.07, 6.45) is 51.0. The lowest BCUT2D eigenvalue weighted by molar-refractivity contribution is -0.126. The van der Waals surface area contributed by atoms with Gasteiger partial charge in [-0.25, -0.2) is 0 Å². The van der Waals surface area contributed by atoms with Crippen molar-refractivity contribution in [1.29, 1.82) is 0 Å². The molecular weight excluding hydrogens is 661 g/mol. The van der Waals surface area contributed by atoms with E-state index in [1.165, 1.54) is 205 Å². The number of rotatable bonds is 45. The molecule has 0 aliphatic carbocycles. The lowest BCUT2D eigenvalue weighted by Crippen LogP contribution is -2.32. The Labute approximate surface area is 340 Å². The zero-order valence-corrected chi connectivity index (χ0v) is 37.7. The zero-order chi connectivity index (χ0) is 39.4. The van der Waals surface area contributed by atoms with E-state index >= 15 is 0 Å². The van der Waals surface area contributed by atoms with Crippen LogP contribution in [0.4, 0.5) is 0 Å². The second-order valence-electron chi connectivity index (χ2n) is 17.4. The van der Waals surface area contributed by atoms with Crippen molar-refractivity contribution in [1.82, 2.24) is 10.6 Å². The van der Waals surface area contributed by atoms with Crippen LogP contribution in [0.5, 0.6) is 0 Å². The van der Waals surface area contributed by atoms with Gasteiger partial charge in [-0.05, 0) is 38.5 Å². The molecule has 0 aromatic carbocycles. The highest BCUT2D eigenvalue weighted by molar-refractivity contribution is 5.78. The summed E-state index contributed by atoms with van der Waals surface area (Å²) in [5, 5.41) is 6.66. The first kappa shape index (κ1) is 52.9. The third kappa shape index (κ3) is 37.8. The second kappa shape index (κ2) is 44.7. The number of carbonyl (C=O) groups excluding carboxylic acids is 2. The van der Waals surface area contributed by atoms with E-state index in [9.17, 15) is 9.59 Å². The number of nitrogens with one attached hydrogen (secondary N) is 2. The highest BCUT2D eigenvalue weighted by Gasteiger charge is 2.18. The first-order valence-electron chi connectivity index (χ1n) is 25.2. The summed E-state index contributed by atoms with van der Waals surface area (Å²) in [4.78, 5) is 26.5. The number of carbonyl (C=O) groups is 2. The Morgan fingerprint density at radius 1 is 0.278 bits per heavy atom. The van der Waals surface area contributed by atoms with Gasteiger partial charge in [-0.2, -0.15) is 0 Å². The number of amides is 2. The maximum atomic E-state index is 13.3. The number of hydrogen-bond donors (Lipinski definition) is 2. The molecule has 0 aromatic rings. The molecule has 0 fully saturated rings. The molecule has 4 heteroatoms. The molecule has 0 aromatic heterocycles. The summed E-state index contributed by atoms with van der Waals surface area (Å²) >= 11 is 0. The van der Waals surface area contributed by atoms with Crippen molar-refractivity contribution in [2.45, 2.75) is 285 Å². The van der Waals surface area contributed by atoms with Gasteiger partial charge < -0.3 is 10.6 Å². The van der Waals surface area contributed by atoms with Gasteiger partial charge in [0.15, 0.2) is 0 Å². The molecule has 0 rings (SSSR count). The van der Waals surface area contributed by atoms with Crippen molar-refractivity contribution in [3.05, 3.63) is 0 Å². The fraction of sp³-hybridized carbons (Fsp3) is 0.960. The van der Waals surface area contributed by atoms with Gasteiger partial charge in [-0.1, -0.05) is 246 Å². The van der Waals surface area contributed by atoms with Crippen LogP contribution in [-0.4, -0.2) is 24.9 Å². The van der Waals surface area contributed by atoms with Gasteiger partial charge >= 0.3 is 0 Å². The molecule has 0 saturated heterocycles. The van der Waals surface area contributed by atoms with Gasteiger partial charge in [0, 0.05) is 24.9 Å². The minimum Gasteiger partial charge on any atom is -0.356 e. The minimum atomic E-state index is 0.199. The summed E-state index contributed by atoms with van der Waals surface area (Å²) in [6, 6.07) is 0. The Hall–Kier alpha value is -1.06. The van der Waals surface area contributed by atoms with Crippen LogP contribution in [-0.2, 0) is 9.59 Å². The Kier molecular flexibility index (Phi) is 43.8. The summed E-state index contributed by atoms with van der Waals surface area (Å²) in [5.41, 5.74) is 0. The van der Waals surface area contributed by atoms with E-state index in [4.69, 9.17) is 0 Å². The van der Waals surface area contributed by atoms with Gasteiger partial charge in [0.05, 0.1) is 0 Å². The molecule has 0 unspecified atom stereocenters. The summed E-state index contributed by atoms with van der Waals surface area (Å²) in [6.45, 7) is 10.7. The van der Waals surface area contributed by atoms with E-state index < -0.39 is 0 Å². The zero-order valence-electron chi connectivity index (χ0n) is 37.7. The maximum Gasteiger partial charge on any atom is 0.223 e. The average Bonchev–Trinajstić information content (AvgIpc) is 3.18. The standard InChI is InChI=1S/C50H100N2O2/c1-5-9-13-17-21-25-29-35-41-47(42-36-30-26-22-18-14-10-6-2)49(53)51-45-39-33-34-40-46-52-50(54)48(43-37-31-27-23-19-15-11-7-3)44-38-32-28-24-20-16-12-8-4/h47-48H,5-46H2,1-4H3,(H,51,53)(H,52,54). The molecule has 0 bridgehead atoms. The molecule has 0 aliphatic rings. The third-order valence-corrected chi connectivity index (χ3v) is 12.1. The van der Waals surface area contributed by atoms with Crippen LogP contribution >= 0.6 is 0 Å². The van der Waals surface area contributed by atoms with E-state index in [0.717, 1.165) is 64.5 Å². The predicted octanol–water partition coefficient (Wildman–Crippen LogP) is 16.1. The Bertz CT molecular complexity index is 653. The van der Waals surface area contributed by atoms with Crippen LogP contribution in [0.25, 0.3) is 0 Å². The highest BCUT2D eigenvalue weighted by Crippen LogP contribution is 2.22. The minimum absolute atomic E-state index is 0.199. The summed E-state index contributed by atoms with van der Waals surface area (Å²) in [5.74, 6) is 1.02. The van der Waals surface area contributed by atoms with Crippen LogP contribution in [0.1, 0.15) is 285 Å². The van der Waals surface area contributed by atoms with Crippen LogP contribution in [0.2, 0.25) is 0 Å². The molecular formula is C50H100N2O2. The molecule has 0 radical (unpaired) electrons. The van der Waals surface area contributed by atoms with Crippen molar-refractivity contribution >= 4 is 11.8 Å². The predicted molar refractivity (Wildman–Crippen MR) is 240 cm³/mol. The molecule has 0 spiro atoms. The van der Waals surface area contributed by atoms with Crippen molar-refractivity contribution in [3.63, 3.8) is 0 Å². The van der Waals surface area contributed by atoms with Crippen molar-refractivity contribution in [3.8, 4) is 0 Å². The Morgan fingerprint density at radius 2 is 0.463 bits per heavy atom. The molecule has 0 saturated carbocycles. The van der Waals surface area contributed by atoms with Crippen LogP contribution < -0.4 is 10.6 Å². The van der Waals surface area contributed by atoms with E-state index in [2.05, 4.69) is 38.3 Å². The normalized spacial score (nSPS) is 11.6. The Balaban J connectivity index is 4.43.